The molecule has 24 heavy (non-hydrogen) atoms. The average molecular weight is 326 g/mol. The van der Waals surface area contributed by atoms with Gasteiger partial charge in [-0.15, -0.1) is 0 Å². The van der Waals surface area contributed by atoms with Crippen LogP contribution in [0.4, 0.5) is 0 Å². The van der Waals surface area contributed by atoms with Crippen LogP contribution in [0.2, 0.25) is 0 Å². The molecule has 0 aliphatic carbocycles. The maximum atomic E-state index is 11.8. The van der Waals surface area contributed by atoms with E-state index in [2.05, 4.69) is 25.0 Å². The normalized spacial score (nSPS) is 11.4. The standard InChI is InChI=1S/C19H22N2O3/c1-11(2)17-8-14(20-21(17)5)10-23-15-6-7-16-12(3)13(4)19(22)24-18(16)9-15/h6-9,11H,10H2,1-5H3. The molecule has 5 heteroatoms. The minimum absolute atomic E-state index is 0.302. The zero-order valence-corrected chi connectivity index (χ0v) is 14.7. The summed E-state index contributed by atoms with van der Waals surface area (Å²) < 4.78 is 13.1. The molecule has 0 atom stereocenters. The first kappa shape index (κ1) is 16.3. The fourth-order valence-corrected chi connectivity index (χ4v) is 2.83. The summed E-state index contributed by atoms with van der Waals surface area (Å²) in [6, 6.07) is 7.63. The van der Waals surface area contributed by atoms with E-state index in [-0.39, 0.29) is 5.63 Å². The molecule has 0 aliphatic rings. The van der Waals surface area contributed by atoms with Gasteiger partial charge in [0.05, 0.1) is 0 Å². The lowest BCUT2D eigenvalue weighted by Crippen LogP contribution is -2.05. The number of aromatic nitrogens is 2. The second-order valence-electron chi connectivity index (χ2n) is 6.43. The van der Waals surface area contributed by atoms with Gasteiger partial charge in [-0.05, 0) is 43.5 Å². The molecule has 1 aromatic carbocycles. The Balaban J connectivity index is 1.84. The van der Waals surface area contributed by atoms with Crippen LogP contribution in [-0.4, -0.2) is 9.78 Å². The van der Waals surface area contributed by atoms with E-state index in [1.165, 1.54) is 5.69 Å². The number of hydrogen-bond acceptors (Lipinski definition) is 4. The SMILES string of the molecule is Cc1c(C)c2ccc(OCc3cc(C(C)C)n(C)n3)cc2oc1=O. The van der Waals surface area contributed by atoms with Crippen LogP contribution in [-0.2, 0) is 13.7 Å². The molecule has 0 unspecified atom stereocenters. The van der Waals surface area contributed by atoms with Gasteiger partial charge in [-0.25, -0.2) is 4.79 Å². The van der Waals surface area contributed by atoms with Gasteiger partial charge in [0.15, 0.2) is 0 Å². The van der Waals surface area contributed by atoms with Gasteiger partial charge in [0.2, 0.25) is 0 Å². The molecule has 0 bridgehead atoms. The number of benzene rings is 1. The largest absolute Gasteiger partial charge is 0.487 e. The maximum Gasteiger partial charge on any atom is 0.339 e. The zero-order valence-electron chi connectivity index (χ0n) is 14.7. The summed E-state index contributed by atoms with van der Waals surface area (Å²) in [6.45, 7) is 8.35. The highest BCUT2D eigenvalue weighted by molar-refractivity contribution is 5.82. The molecule has 0 radical (unpaired) electrons. The van der Waals surface area contributed by atoms with Crippen LogP contribution in [0.15, 0.2) is 33.5 Å². The number of ether oxygens (including phenoxy) is 1. The van der Waals surface area contributed by atoms with Crippen LogP contribution in [0.1, 0.15) is 42.3 Å². The summed E-state index contributed by atoms with van der Waals surface area (Å²) in [5, 5.41) is 5.40. The molecule has 2 aromatic heterocycles. The minimum Gasteiger partial charge on any atom is -0.487 e. The fourth-order valence-electron chi connectivity index (χ4n) is 2.83. The van der Waals surface area contributed by atoms with Gasteiger partial charge in [-0.1, -0.05) is 13.8 Å². The van der Waals surface area contributed by atoms with Crippen molar-refractivity contribution in [2.75, 3.05) is 0 Å². The van der Waals surface area contributed by atoms with Crippen molar-refractivity contribution in [3.63, 3.8) is 0 Å². The Bertz CT molecular complexity index is 951. The number of nitrogens with zero attached hydrogens (tertiary/aromatic N) is 2. The molecule has 2 heterocycles. The summed E-state index contributed by atoms with van der Waals surface area (Å²) in [5.41, 5.74) is 3.88. The highest BCUT2D eigenvalue weighted by atomic mass is 16.5. The van der Waals surface area contributed by atoms with Crippen LogP contribution in [0.3, 0.4) is 0 Å². The van der Waals surface area contributed by atoms with Crippen LogP contribution in [0.5, 0.6) is 5.75 Å². The van der Waals surface area contributed by atoms with Gasteiger partial charge in [0.25, 0.3) is 0 Å². The Morgan fingerprint density at radius 1 is 1.21 bits per heavy atom. The van der Waals surface area contributed by atoms with Gasteiger partial charge in [-0.3, -0.25) is 4.68 Å². The van der Waals surface area contributed by atoms with E-state index in [0.29, 0.717) is 29.4 Å². The molecule has 0 N–H and O–H groups in total. The van der Waals surface area contributed by atoms with Crippen LogP contribution >= 0.6 is 0 Å². The van der Waals surface area contributed by atoms with Crippen molar-refractivity contribution >= 4 is 11.0 Å². The Morgan fingerprint density at radius 2 is 1.96 bits per heavy atom. The summed E-state index contributed by atoms with van der Waals surface area (Å²) in [7, 11) is 1.94. The second-order valence-corrected chi connectivity index (χ2v) is 6.43. The summed E-state index contributed by atoms with van der Waals surface area (Å²) in [6.07, 6.45) is 0. The van der Waals surface area contributed by atoms with E-state index in [9.17, 15) is 4.79 Å². The lowest BCUT2D eigenvalue weighted by Gasteiger charge is -2.07. The van der Waals surface area contributed by atoms with E-state index in [1.54, 1.807) is 13.0 Å². The molecule has 3 aromatic rings. The van der Waals surface area contributed by atoms with Crippen LogP contribution < -0.4 is 10.4 Å². The van der Waals surface area contributed by atoms with Crippen molar-refractivity contribution in [1.82, 2.24) is 9.78 Å². The summed E-state index contributed by atoms with van der Waals surface area (Å²) in [4.78, 5) is 11.8. The quantitative estimate of drug-likeness (QED) is 0.683. The Hall–Kier alpha value is -2.56. The highest BCUT2D eigenvalue weighted by Gasteiger charge is 2.11. The van der Waals surface area contributed by atoms with Crippen molar-refractivity contribution in [2.45, 2.75) is 40.2 Å². The van der Waals surface area contributed by atoms with Gasteiger partial charge in [0, 0.05) is 29.8 Å². The minimum atomic E-state index is -0.302. The van der Waals surface area contributed by atoms with Gasteiger partial charge in [0.1, 0.15) is 23.6 Å². The van der Waals surface area contributed by atoms with Gasteiger partial charge in [-0.2, -0.15) is 5.10 Å². The van der Waals surface area contributed by atoms with E-state index < -0.39 is 0 Å². The zero-order chi connectivity index (χ0) is 17.4. The Kier molecular flexibility index (Phi) is 4.18. The molecule has 0 spiro atoms. The fraction of sp³-hybridized carbons (Fsp3) is 0.368. The summed E-state index contributed by atoms with van der Waals surface area (Å²) >= 11 is 0. The van der Waals surface area contributed by atoms with Gasteiger partial charge < -0.3 is 9.15 Å². The molecule has 126 valence electrons. The Labute approximate surface area is 140 Å². The van der Waals surface area contributed by atoms with E-state index in [4.69, 9.17) is 9.15 Å². The average Bonchev–Trinajstić information content (AvgIpc) is 2.92. The first-order chi connectivity index (χ1) is 11.4. The lowest BCUT2D eigenvalue weighted by atomic mass is 10.1. The third-order valence-corrected chi connectivity index (χ3v) is 4.37. The number of aryl methyl sites for hydroxylation is 2. The first-order valence-corrected chi connectivity index (χ1v) is 8.06. The topological polar surface area (TPSA) is 57.3 Å². The molecule has 5 nitrogen and oxygen atoms in total. The molecule has 0 saturated heterocycles. The maximum absolute atomic E-state index is 11.8. The van der Waals surface area contributed by atoms with Crippen molar-refractivity contribution in [3.05, 3.63) is 57.2 Å². The van der Waals surface area contributed by atoms with Crippen LogP contribution in [0, 0.1) is 13.8 Å². The highest BCUT2D eigenvalue weighted by Crippen LogP contribution is 2.24. The van der Waals surface area contributed by atoms with Crippen molar-refractivity contribution in [2.24, 2.45) is 7.05 Å². The Morgan fingerprint density at radius 3 is 2.62 bits per heavy atom. The predicted molar refractivity (Wildman–Crippen MR) is 93.6 cm³/mol. The molecule has 0 amide bonds. The smallest absolute Gasteiger partial charge is 0.339 e. The molecular formula is C19H22N2O3. The van der Waals surface area contributed by atoms with Crippen molar-refractivity contribution in [3.8, 4) is 5.75 Å². The van der Waals surface area contributed by atoms with Crippen molar-refractivity contribution in [1.29, 1.82) is 0 Å². The van der Waals surface area contributed by atoms with E-state index in [0.717, 1.165) is 16.6 Å². The van der Waals surface area contributed by atoms with E-state index >= 15 is 0 Å². The molecule has 0 aliphatic heterocycles. The summed E-state index contributed by atoms with van der Waals surface area (Å²) in [5.74, 6) is 1.07. The first-order valence-electron chi connectivity index (χ1n) is 8.06. The second kappa shape index (κ2) is 6.15. The van der Waals surface area contributed by atoms with E-state index in [1.807, 2.05) is 30.8 Å². The lowest BCUT2D eigenvalue weighted by molar-refractivity contribution is 0.300. The monoisotopic (exact) mass is 326 g/mol. The number of rotatable bonds is 4. The molecular weight excluding hydrogens is 304 g/mol. The predicted octanol–water partition coefficient (Wildman–Crippen LogP) is 3.85. The van der Waals surface area contributed by atoms with Gasteiger partial charge >= 0.3 is 5.63 Å². The molecule has 0 fully saturated rings. The number of fused-ring (bicyclic) bond motifs is 1. The molecule has 3 rings (SSSR count). The third kappa shape index (κ3) is 2.94. The van der Waals surface area contributed by atoms with Crippen molar-refractivity contribution < 1.29 is 9.15 Å². The van der Waals surface area contributed by atoms with Crippen LogP contribution in [0.25, 0.3) is 11.0 Å². The third-order valence-electron chi connectivity index (χ3n) is 4.37. The molecule has 0 saturated carbocycles. The number of hydrogen-bond donors (Lipinski definition) is 0.